The van der Waals surface area contributed by atoms with Crippen molar-refractivity contribution in [3.63, 3.8) is 0 Å². The van der Waals surface area contributed by atoms with Gasteiger partial charge >= 0.3 is 5.97 Å². The van der Waals surface area contributed by atoms with Gasteiger partial charge < -0.3 is 13.9 Å². The third kappa shape index (κ3) is 2.44. The second kappa shape index (κ2) is 5.46. The van der Waals surface area contributed by atoms with Crippen LogP contribution in [0.4, 0.5) is 0 Å². The molecule has 2 aromatic heterocycles. The summed E-state index contributed by atoms with van der Waals surface area (Å²) in [6.45, 7) is 3.54. The lowest BCUT2D eigenvalue weighted by Gasteiger charge is -2.13. The van der Waals surface area contributed by atoms with Crippen LogP contribution < -0.4 is 0 Å². The third-order valence-electron chi connectivity index (χ3n) is 3.27. The lowest BCUT2D eigenvalue weighted by molar-refractivity contribution is 0.0520. The first kappa shape index (κ1) is 12.9. The van der Waals surface area contributed by atoms with E-state index in [1.807, 2.05) is 22.7 Å². The van der Waals surface area contributed by atoms with Crippen LogP contribution in [-0.4, -0.2) is 35.2 Å². The number of ether oxygens (including phenoxy) is 2. The normalized spacial score (nSPS) is 15.2. The minimum Gasteiger partial charge on any atom is -0.461 e. The molecule has 2 aromatic rings. The van der Waals surface area contributed by atoms with Crippen LogP contribution in [0.2, 0.25) is 0 Å². The van der Waals surface area contributed by atoms with Gasteiger partial charge in [-0.1, -0.05) is 6.08 Å². The van der Waals surface area contributed by atoms with Crippen molar-refractivity contribution in [3.05, 3.63) is 41.9 Å². The first-order valence-corrected chi connectivity index (χ1v) is 6.71. The van der Waals surface area contributed by atoms with Crippen molar-refractivity contribution in [2.75, 3.05) is 19.8 Å². The zero-order chi connectivity index (χ0) is 13.9. The zero-order valence-corrected chi connectivity index (χ0v) is 11.3. The molecule has 0 fully saturated rings. The second-order valence-electron chi connectivity index (χ2n) is 4.58. The van der Waals surface area contributed by atoms with Crippen LogP contribution in [0.25, 0.3) is 11.2 Å². The Morgan fingerprint density at radius 3 is 3.10 bits per heavy atom. The number of nitrogens with zero attached hydrogens (tertiary/aromatic N) is 2. The average molecular weight is 272 g/mol. The largest absolute Gasteiger partial charge is 0.461 e. The highest BCUT2D eigenvalue weighted by Gasteiger charge is 2.13. The minimum atomic E-state index is -0.386. The molecule has 5 nitrogen and oxygen atoms in total. The third-order valence-corrected chi connectivity index (χ3v) is 3.27. The van der Waals surface area contributed by atoms with Crippen LogP contribution in [-0.2, 0) is 9.47 Å². The Bertz CT molecular complexity index is 673. The average Bonchev–Trinajstić information content (AvgIpc) is 2.91. The maximum absolute atomic E-state index is 11.7. The molecule has 0 saturated heterocycles. The van der Waals surface area contributed by atoms with Crippen molar-refractivity contribution in [2.24, 2.45) is 0 Å². The van der Waals surface area contributed by atoms with Crippen molar-refractivity contribution in [1.82, 2.24) is 9.38 Å². The number of imidazole rings is 1. The molecule has 0 amide bonds. The standard InChI is InChI=1S/C15H16N2O3/c1-2-20-15(18)13-10-17-9-12(3-4-14(17)16-13)11-5-7-19-8-6-11/h3-5,9-10H,2,6-8H2,1H3. The SMILES string of the molecule is CCOC(=O)c1cn2cc(C3=CCOCC3)ccc2n1. The highest BCUT2D eigenvalue weighted by molar-refractivity contribution is 5.88. The summed E-state index contributed by atoms with van der Waals surface area (Å²) >= 11 is 0. The number of fused-ring (bicyclic) bond motifs is 1. The molecule has 1 aliphatic heterocycles. The number of aromatic nitrogens is 2. The Morgan fingerprint density at radius 1 is 1.45 bits per heavy atom. The van der Waals surface area contributed by atoms with Crippen molar-refractivity contribution < 1.29 is 14.3 Å². The van der Waals surface area contributed by atoms with Gasteiger partial charge in [0.25, 0.3) is 0 Å². The molecule has 0 aromatic carbocycles. The van der Waals surface area contributed by atoms with E-state index in [2.05, 4.69) is 11.1 Å². The summed E-state index contributed by atoms with van der Waals surface area (Å²) in [5.74, 6) is -0.386. The van der Waals surface area contributed by atoms with E-state index < -0.39 is 0 Å². The Hall–Kier alpha value is -2.14. The lowest BCUT2D eigenvalue weighted by Crippen LogP contribution is -2.04. The molecule has 104 valence electrons. The first-order chi connectivity index (χ1) is 9.78. The van der Waals surface area contributed by atoms with Crippen molar-refractivity contribution in [3.8, 4) is 0 Å². The molecule has 0 spiro atoms. The van der Waals surface area contributed by atoms with E-state index in [4.69, 9.17) is 9.47 Å². The Morgan fingerprint density at radius 2 is 2.35 bits per heavy atom. The fraction of sp³-hybridized carbons (Fsp3) is 0.333. The topological polar surface area (TPSA) is 52.8 Å². The van der Waals surface area contributed by atoms with Crippen molar-refractivity contribution in [1.29, 1.82) is 0 Å². The van der Waals surface area contributed by atoms with Gasteiger partial charge in [0.2, 0.25) is 0 Å². The molecular weight excluding hydrogens is 256 g/mol. The quantitative estimate of drug-likeness (QED) is 0.805. The van der Waals surface area contributed by atoms with E-state index in [-0.39, 0.29) is 5.97 Å². The van der Waals surface area contributed by atoms with Crippen LogP contribution in [0.3, 0.4) is 0 Å². The van der Waals surface area contributed by atoms with Gasteiger partial charge in [0.1, 0.15) is 5.65 Å². The molecule has 0 aliphatic carbocycles. The van der Waals surface area contributed by atoms with E-state index in [0.717, 1.165) is 24.2 Å². The van der Waals surface area contributed by atoms with Crippen LogP contribution in [0, 0.1) is 0 Å². The number of esters is 1. The number of hydrogen-bond donors (Lipinski definition) is 0. The summed E-state index contributed by atoms with van der Waals surface area (Å²) in [4.78, 5) is 15.9. The number of rotatable bonds is 3. The van der Waals surface area contributed by atoms with E-state index in [1.165, 1.54) is 5.57 Å². The second-order valence-corrected chi connectivity index (χ2v) is 4.58. The van der Waals surface area contributed by atoms with Gasteiger partial charge in [0, 0.05) is 12.4 Å². The molecule has 3 rings (SSSR count). The summed E-state index contributed by atoms with van der Waals surface area (Å²) in [6.07, 6.45) is 6.69. The Labute approximate surface area is 116 Å². The lowest BCUT2D eigenvalue weighted by atomic mass is 10.0. The zero-order valence-electron chi connectivity index (χ0n) is 11.3. The van der Waals surface area contributed by atoms with Gasteiger partial charge in [-0.25, -0.2) is 9.78 Å². The van der Waals surface area contributed by atoms with Gasteiger partial charge in [-0.3, -0.25) is 0 Å². The number of hydrogen-bond acceptors (Lipinski definition) is 4. The molecule has 0 atom stereocenters. The van der Waals surface area contributed by atoms with Crippen LogP contribution in [0.1, 0.15) is 29.4 Å². The van der Waals surface area contributed by atoms with Crippen LogP contribution in [0.5, 0.6) is 0 Å². The smallest absolute Gasteiger partial charge is 0.358 e. The number of pyridine rings is 1. The molecule has 3 heterocycles. The van der Waals surface area contributed by atoms with Gasteiger partial charge in [-0.15, -0.1) is 0 Å². The van der Waals surface area contributed by atoms with E-state index in [0.29, 0.717) is 18.9 Å². The van der Waals surface area contributed by atoms with Gasteiger partial charge in [-0.05, 0) is 36.6 Å². The summed E-state index contributed by atoms with van der Waals surface area (Å²) in [5, 5.41) is 0. The predicted octanol–water partition coefficient (Wildman–Crippen LogP) is 2.31. The van der Waals surface area contributed by atoms with Crippen LogP contribution in [0.15, 0.2) is 30.6 Å². The first-order valence-electron chi connectivity index (χ1n) is 6.71. The van der Waals surface area contributed by atoms with E-state index in [1.54, 1.807) is 13.1 Å². The van der Waals surface area contributed by atoms with E-state index >= 15 is 0 Å². The molecule has 5 heteroatoms. The number of carbonyl (C=O) groups is 1. The monoisotopic (exact) mass is 272 g/mol. The maximum atomic E-state index is 11.7. The Balaban J connectivity index is 1.95. The van der Waals surface area contributed by atoms with E-state index in [9.17, 15) is 4.79 Å². The molecule has 1 aliphatic rings. The molecule has 0 radical (unpaired) electrons. The van der Waals surface area contributed by atoms with Crippen molar-refractivity contribution in [2.45, 2.75) is 13.3 Å². The maximum Gasteiger partial charge on any atom is 0.358 e. The molecule has 20 heavy (non-hydrogen) atoms. The molecule has 0 saturated carbocycles. The summed E-state index contributed by atoms with van der Waals surface area (Å²) < 4.78 is 12.1. The highest BCUT2D eigenvalue weighted by atomic mass is 16.5. The van der Waals surface area contributed by atoms with Crippen molar-refractivity contribution >= 4 is 17.2 Å². The summed E-state index contributed by atoms with van der Waals surface area (Å²) in [6, 6.07) is 3.93. The van der Waals surface area contributed by atoms with Crippen LogP contribution >= 0.6 is 0 Å². The van der Waals surface area contributed by atoms with Gasteiger partial charge in [0.15, 0.2) is 5.69 Å². The fourth-order valence-electron chi connectivity index (χ4n) is 2.27. The Kier molecular flexibility index (Phi) is 3.52. The summed E-state index contributed by atoms with van der Waals surface area (Å²) in [5.41, 5.74) is 3.48. The summed E-state index contributed by atoms with van der Waals surface area (Å²) in [7, 11) is 0. The molecule has 0 bridgehead atoms. The molecule has 0 unspecified atom stereocenters. The van der Waals surface area contributed by atoms with Gasteiger partial charge in [0.05, 0.1) is 19.8 Å². The number of carbonyl (C=O) groups excluding carboxylic acids is 1. The predicted molar refractivity (Wildman–Crippen MR) is 74.6 cm³/mol. The molecule has 0 N–H and O–H groups in total. The minimum absolute atomic E-state index is 0.338. The fourth-order valence-corrected chi connectivity index (χ4v) is 2.27. The molecular formula is C15H16N2O3. The highest BCUT2D eigenvalue weighted by Crippen LogP contribution is 2.21. The van der Waals surface area contributed by atoms with Gasteiger partial charge in [-0.2, -0.15) is 0 Å².